The zero-order chi connectivity index (χ0) is 17.7. The molecule has 1 fully saturated rings. The van der Waals surface area contributed by atoms with Crippen molar-refractivity contribution in [1.82, 2.24) is 14.1 Å². The van der Waals surface area contributed by atoms with Crippen LogP contribution < -0.4 is 0 Å². The lowest BCUT2D eigenvalue weighted by Gasteiger charge is -2.28. The summed E-state index contributed by atoms with van der Waals surface area (Å²) < 4.78 is 29.8. The number of amides is 1. The van der Waals surface area contributed by atoms with E-state index in [9.17, 15) is 13.2 Å². The summed E-state index contributed by atoms with van der Waals surface area (Å²) in [6.45, 7) is 3.23. The highest BCUT2D eigenvalue weighted by atomic mass is 32.2. The minimum Gasteiger partial charge on any atom is -0.463 e. The lowest BCUT2D eigenvalue weighted by atomic mass is 10.1. The van der Waals surface area contributed by atoms with Crippen molar-refractivity contribution >= 4 is 15.9 Å². The van der Waals surface area contributed by atoms with E-state index in [1.54, 1.807) is 6.07 Å². The van der Waals surface area contributed by atoms with Gasteiger partial charge >= 0.3 is 0 Å². The molecular weight excluding hydrogens is 330 g/mol. The molecule has 0 aliphatic carbocycles. The third-order valence-corrected chi connectivity index (χ3v) is 5.52. The molecule has 0 radical (unpaired) electrons. The second kappa shape index (κ2) is 8.13. The van der Waals surface area contributed by atoms with Gasteiger partial charge in [-0.05, 0) is 32.0 Å². The number of rotatable bonds is 8. The molecule has 0 bridgehead atoms. The number of sulfonamides is 1. The van der Waals surface area contributed by atoms with Crippen LogP contribution in [-0.2, 0) is 27.9 Å². The summed E-state index contributed by atoms with van der Waals surface area (Å²) >= 11 is 0. The first-order valence-electron chi connectivity index (χ1n) is 8.21. The van der Waals surface area contributed by atoms with Gasteiger partial charge in [0.15, 0.2) is 0 Å². The normalized spacial score (nSPS) is 16.4. The molecule has 1 aliphatic rings. The first-order chi connectivity index (χ1) is 11.3. The van der Waals surface area contributed by atoms with Crippen LogP contribution in [0.4, 0.5) is 0 Å². The predicted molar refractivity (Wildman–Crippen MR) is 91.8 cm³/mol. The maximum absolute atomic E-state index is 11.8. The van der Waals surface area contributed by atoms with Crippen LogP contribution in [0.1, 0.15) is 30.8 Å². The Bertz CT molecular complexity index is 656. The Morgan fingerprint density at radius 3 is 2.46 bits per heavy atom. The molecule has 2 heterocycles. The molecule has 1 aromatic heterocycles. The molecule has 0 aromatic carbocycles. The second-order valence-corrected chi connectivity index (χ2v) is 8.55. The van der Waals surface area contributed by atoms with E-state index in [0.717, 1.165) is 38.2 Å². The number of nitrogens with zero attached hydrogens (tertiary/aromatic N) is 3. The van der Waals surface area contributed by atoms with Gasteiger partial charge in [0, 0.05) is 33.1 Å². The highest BCUT2D eigenvalue weighted by Gasteiger charge is 2.18. The number of hydrogen-bond donors (Lipinski definition) is 0. The Balaban J connectivity index is 1.80. The van der Waals surface area contributed by atoms with E-state index in [1.165, 1.54) is 17.6 Å². The largest absolute Gasteiger partial charge is 0.463 e. The minimum absolute atomic E-state index is 0.227. The van der Waals surface area contributed by atoms with Crippen molar-refractivity contribution in [3.8, 4) is 0 Å². The first-order valence-corrected chi connectivity index (χ1v) is 10.1. The van der Waals surface area contributed by atoms with Gasteiger partial charge in [-0.25, -0.2) is 8.42 Å². The summed E-state index contributed by atoms with van der Waals surface area (Å²) in [4.78, 5) is 15.8. The van der Waals surface area contributed by atoms with E-state index in [-0.39, 0.29) is 12.5 Å². The smallest absolute Gasteiger partial charge is 0.222 e. The summed E-state index contributed by atoms with van der Waals surface area (Å²) in [7, 11) is 0.297. The van der Waals surface area contributed by atoms with Crippen LogP contribution in [0.15, 0.2) is 16.5 Å². The lowest BCUT2D eigenvalue weighted by molar-refractivity contribution is -0.133. The molecule has 1 aliphatic heterocycles. The van der Waals surface area contributed by atoms with Gasteiger partial charge in [0.25, 0.3) is 0 Å². The average molecular weight is 357 g/mol. The molecule has 8 heteroatoms. The van der Waals surface area contributed by atoms with Crippen LogP contribution in [0.3, 0.4) is 0 Å². The molecule has 2 rings (SSSR count). The van der Waals surface area contributed by atoms with Crippen LogP contribution in [-0.4, -0.2) is 68.4 Å². The van der Waals surface area contributed by atoms with E-state index in [4.69, 9.17) is 4.42 Å². The third-order valence-electron chi connectivity index (χ3n) is 4.26. The Labute approximate surface area is 144 Å². The Hall–Kier alpha value is -1.38. The number of likely N-dealkylation sites (tertiary alicyclic amines) is 1. The number of furan rings is 1. The Morgan fingerprint density at radius 2 is 1.83 bits per heavy atom. The van der Waals surface area contributed by atoms with Crippen molar-refractivity contribution in [3.63, 3.8) is 0 Å². The molecule has 0 atom stereocenters. The Kier molecular flexibility index (Phi) is 6.42. The molecular formula is C16H27N3O4S. The fourth-order valence-corrected chi connectivity index (χ4v) is 3.03. The summed E-state index contributed by atoms with van der Waals surface area (Å²) in [6, 6.07) is 3.67. The standard InChI is InChI=1S/C16H27N3O4S/c1-17(10-11-19-9-5-4-6-16(19)20)12-14-7-8-15(23-14)13-18(2)24(3,21)22/h7-8H,4-6,9-13H2,1-3H3. The van der Waals surface area contributed by atoms with Crippen molar-refractivity contribution in [2.75, 3.05) is 40.0 Å². The van der Waals surface area contributed by atoms with E-state index in [1.807, 2.05) is 18.0 Å². The SMILES string of the molecule is CN(CCN1CCCCC1=O)Cc1ccc(CN(C)S(C)(=O)=O)o1. The predicted octanol–water partition coefficient (Wildman–Crippen LogP) is 1.12. The zero-order valence-corrected chi connectivity index (χ0v) is 15.5. The van der Waals surface area contributed by atoms with Gasteiger partial charge in [0.2, 0.25) is 15.9 Å². The molecule has 1 amide bonds. The van der Waals surface area contributed by atoms with E-state index < -0.39 is 10.0 Å². The second-order valence-electron chi connectivity index (χ2n) is 6.46. The van der Waals surface area contributed by atoms with Gasteiger partial charge in [-0.2, -0.15) is 4.31 Å². The molecule has 136 valence electrons. The highest BCUT2D eigenvalue weighted by Crippen LogP contribution is 2.14. The van der Waals surface area contributed by atoms with Crippen LogP contribution in [0.5, 0.6) is 0 Å². The van der Waals surface area contributed by atoms with Crippen molar-refractivity contribution in [2.45, 2.75) is 32.4 Å². The molecule has 0 saturated carbocycles. The maximum Gasteiger partial charge on any atom is 0.222 e. The van der Waals surface area contributed by atoms with Crippen molar-refractivity contribution in [3.05, 3.63) is 23.7 Å². The van der Waals surface area contributed by atoms with Gasteiger partial charge in [0.1, 0.15) is 11.5 Å². The van der Waals surface area contributed by atoms with Crippen LogP contribution in [0, 0.1) is 0 Å². The van der Waals surface area contributed by atoms with E-state index in [0.29, 0.717) is 18.7 Å². The molecule has 24 heavy (non-hydrogen) atoms. The third kappa shape index (κ3) is 5.61. The number of carbonyl (C=O) groups is 1. The summed E-state index contributed by atoms with van der Waals surface area (Å²) in [6.07, 6.45) is 3.93. The monoisotopic (exact) mass is 357 g/mol. The van der Waals surface area contributed by atoms with Gasteiger partial charge in [0.05, 0.1) is 19.3 Å². The molecule has 0 spiro atoms. The molecule has 0 N–H and O–H groups in total. The number of carbonyl (C=O) groups excluding carboxylic acids is 1. The van der Waals surface area contributed by atoms with Gasteiger partial charge in [-0.3, -0.25) is 9.69 Å². The molecule has 1 aromatic rings. The fraction of sp³-hybridized carbons (Fsp3) is 0.688. The molecule has 7 nitrogen and oxygen atoms in total. The van der Waals surface area contributed by atoms with Crippen LogP contribution >= 0.6 is 0 Å². The number of hydrogen-bond acceptors (Lipinski definition) is 5. The van der Waals surface area contributed by atoms with E-state index in [2.05, 4.69) is 4.90 Å². The van der Waals surface area contributed by atoms with Crippen molar-refractivity contribution in [1.29, 1.82) is 0 Å². The molecule has 1 saturated heterocycles. The molecule has 0 unspecified atom stereocenters. The van der Waals surface area contributed by atoms with Crippen LogP contribution in [0.2, 0.25) is 0 Å². The lowest BCUT2D eigenvalue weighted by Crippen LogP contribution is -2.40. The number of likely N-dealkylation sites (N-methyl/N-ethyl adjacent to an activating group) is 1. The topological polar surface area (TPSA) is 74.1 Å². The van der Waals surface area contributed by atoms with Gasteiger partial charge < -0.3 is 9.32 Å². The fourth-order valence-electron chi connectivity index (χ4n) is 2.66. The minimum atomic E-state index is -3.22. The Morgan fingerprint density at radius 1 is 1.17 bits per heavy atom. The van der Waals surface area contributed by atoms with Crippen molar-refractivity contribution in [2.24, 2.45) is 0 Å². The van der Waals surface area contributed by atoms with Gasteiger partial charge in [-0.1, -0.05) is 0 Å². The summed E-state index contributed by atoms with van der Waals surface area (Å²) in [5.41, 5.74) is 0. The zero-order valence-electron chi connectivity index (χ0n) is 14.7. The van der Waals surface area contributed by atoms with E-state index >= 15 is 0 Å². The average Bonchev–Trinajstić information content (AvgIpc) is 2.92. The highest BCUT2D eigenvalue weighted by molar-refractivity contribution is 7.88. The first kappa shape index (κ1) is 19.0. The van der Waals surface area contributed by atoms with Gasteiger partial charge in [-0.15, -0.1) is 0 Å². The maximum atomic E-state index is 11.8. The number of piperidine rings is 1. The van der Waals surface area contributed by atoms with Crippen LogP contribution in [0.25, 0.3) is 0 Å². The summed E-state index contributed by atoms with van der Waals surface area (Å²) in [5.74, 6) is 1.66. The van der Waals surface area contributed by atoms with Crippen molar-refractivity contribution < 1.29 is 17.6 Å². The summed E-state index contributed by atoms with van der Waals surface area (Å²) in [5, 5.41) is 0. The quantitative estimate of drug-likeness (QED) is 0.697.